The van der Waals surface area contributed by atoms with Crippen molar-refractivity contribution in [1.29, 1.82) is 0 Å². The number of amides is 3. The van der Waals surface area contributed by atoms with E-state index in [-0.39, 0.29) is 31.9 Å². The second kappa shape index (κ2) is 9.44. The van der Waals surface area contributed by atoms with E-state index in [9.17, 15) is 22.9 Å². The van der Waals surface area contributed by atoms with E-state index in [1.165, 1.54) is 0 Å². The molecule has 0 atom stereocenters. The number of nitrogens with two attached hydrogens (primary N) is 1. The molecule has 0 spiro atoms. The fraction of sp³-hybridized carbons (Fsp3) is 0.750. The number of carbonyl (C=O) groups is 2. The number of alkyl halides is 1. The van der Waals surface area contributed by atoms with Crippen molar-refractivity contribution >= 4 is 33.6 Å². The fourth-order valence-electron chi connectivity index (χ4n) is 1.04. The monoisotopic (exact) mass is 329 g/mol. The van der Waals surface area contributed by atoms with E-state index in [0.29, 0.717) is 5.01 Å². The third-order valence-electron chi connectivity index (χ3n) is 1.97. The van der Waals surface area contributed by atoms with Crippen LogP contribution in [0.15, 0.2) is 5.29 Å². The molecule has 0 saturated carbocycles. The zero-order chi connectivity index (χ0) is 15.6. The zero-order valence-corrected chi connectivity index (χ0v) is 12.1. The number of hydrogen-bond acceptors (Lipinski definition) is 6. The van der Waals surface area contributed by atoms with Crippen molar-refractivity contribution in [3.8, 4) is 0 Å². The molecule has 0 bridgehead atoms. The van der Waals surface area contributed by atoms with Gasteiger partial charge in [-0.3, -0.25) is 4.79 Å². The van der Waals surface area contributed by atoms with E-state index in [4.69, 9.17) is 17.3 Å². The van der Waals surface area contributed by atoms with Crippen LogP contribution in [0.5, 0.6) is 0 Å². The number of halogens is 1. The largest absolute Gasteiger partial charge is 0.370 e. The molecule has 0 radical (unpaired) electrons. The summed E-state index contributed by atoms with van der Waals surface area (Å²) in [6, 6.07) is -0.840. The van der Waals surface area contributed by atoms with Gasteiger partial charge < -0.3 is 11.1 Å². The number of primary amides is 1. The van der Waals surface area contributed by atoms with Gasteiger partial charge in [0.2, 0.25) is 15.9 Å². The Bertz CT molecular complexity index is 443. The second-order valence-electron chi connectivity index (χ2n) is 3.56. The number of sulfonamides is 1. The predicted octanol–water partition coefficient (Wildman–Crippen LogP) is -1.29. The molecule has 0 aromatic carbocycles. The lowest BCUT2D eigenvalue weighted by molar-refractivity contribution is -0.117. The van der Waals surface area contributed by atoms with Crippen molar-refractivity contribution < 1.29 is 18.0 Å². The average Bonchev–Trinajstić information content (AvgIpc) is 2.34. The lowest BCUT2D eigenvalue weighted by Crippen LogP contribution is -2.41. The van der Waals surface area contributed by atoms with Crippen molar-refractivity contribution in [3.05, 3.63) is 4.91 Å². The summed E-state index contributed by atoms with van der Waals surface area (Å²) in [6.45, 7) is -0.417. The minimum absolute atomic E-state index is 0.0200. The van der Waals surface area contributed by atoms with Gasteiger partial charge in [0.1, 0.15) is 0 Å². The molecule has 0 aliphatic carbocycles. The minimum Gasteiger partial charge on any atom is -0.370 e. The van der Waals surface area contributed by atoms with Gasteiger partial charge in [0.25, 0.3) is 0 Å². The van der Waals surface area contributed by atoms with Crippen LogP contribution in [0.25, 0.3) is 0 Å². The van der Waals surface area contributed by atoms with Gasteiger partial charge in [-0.2, -0.15) is 5.01 Å². The normalized spacial score (nSPS) is 10.8. The molecule has 0 aliphatic rings. The van der Waals surface area contributed by atoms with Crippen LogP contribution in [0.4, 0.5) is 4.79 Å². The fourth-order valence-corrected chi connectivity index (χ4v) is 2.13. The first kappa shape index (κ1) is 18.5. The van der Waals surface area contributed by atoms with Crippen LogP contribution in [0.2, 0.25) is 0 Å². The van der Waals surface area contributed by atoms with E-state index in [2.05, 4.69) is 15.3 Å². The summed E-state index contributed by atoms with van der Waals surface area (Å²) < 4.78 is 25.0. The van der Waals surface area contributed by atoms with Crippen molar-refractivity contribution in [3.63, 3.8) is 0 Å². The first-order valence-corrected chi connectivity index (χ1v) is 7.71. The molecule has 0 aromatic rings. The third kappa shape index (κ3) is 8.61. The Labute approximate surface area is 121 Å². The van der Waals surface area contributed by atoms with Gasteiger partial charge in [0.05, 0.1) is 17.6 Å². The van der Waals surface area contributed by atoms with Gasteiger partial charge in [-0.25, -0.2) is 17.9 Å². The Morgan fingerprint density at radius 2 is 1.95 bits per heavy atom. The molecule has 0 aromatic heterocycles. The molecular weight excluding hydrogens is 314 g/mol. The molecule has 20 heavy (non-hydrogen) atoms. The summed E-state index contributed by atoms with van der Waals surface area (Å²) in [5, 5.41) is 5.17. The summed E-state index contributed by atoms with van der Waals surface area (Å²) in [7, 11) is -3.64. The first-order valence-electron chi connectivity index (χ1n) is 5.52. The molecule has 0 saturated heterocycles. The van der Waals surface area contributed by atoms with Crippen LogP contribution in [0.3, 0.4) is 0 Å². The summed E-state index contributed by atoms with van der Waals surface area (Å²) in [5.74, 6) is -1.02. The van der Waals surface area contributed by atoms with E-state index in [1.807, 2.05) is 0 Å². The summed E-state index contributed by atoms with van der Waals surface area (Å²) in [5.41, 5.74) is 4.85. The van der Waals surface area contributed by atoms with Gasteiger partial charge >= 0.3 is 6.03 Å². The standard InChI is InChI=1S/C8H16ClN5O5S/c9-2-5-14(13-17)8(16)11-4-6-20(18,19)12-3-1-7(10)15/h12H,1-6H2,(H2,10,15)(H,11,16). The number of nitrogens with zero attached hydrogens (tertiary/aromatic N) is 2. The van der Waals surface area contributed by atoms with Crippen LogP contribution < -0.4 is 15.8 Å². The summed E-state index contributed by atoms with van der Waals surface area (Å²) in [4.78, 5) is 32.1. The third-order valence-corrected chi connectivity index (χ3v) is 3.52. The molecule has 4 N–H and O–H groups in total. The molecule has 0 aliphatic heterocycles. The lowest BCUT2D eigenvalue weighted by atomic mass is 10.4. The Balaban J connectivity index is 4.05. The predicted molar refractivity (Wildman–Crippen MR) is 72.2 cm³/mol. The Hall–Kier alpha value is -1.46. The molecule has 12 heteroatoms. The molecular formula is C8H16ClN5O5S. The van der Waals surface area contributed by atoms with Crippen LogP contribution in [0, 0.1) is 4.91 Å². The van der Waals surface area contributed by atoms with Crippen LogP contribution in [-0.4, -0.2) is 56.6 Å². The van der Waals surface area contributed by atoms with E-state index >= 15 is 0 Å². The number of nitrogens with one attached hydrogen (secondary N) is 2. The number of hydrogen-bond donors (Lipinski definition) is 3. The van der Waals surface area contributed by atoms with Crippen molar-refractivity contribution in [1.82, 2.24) is 15.0 Å². The molecule has 0 rings (SSSR count). The average molecular weight is 330 g/mol. The first-order chi connectivity index (χ1) is 9.32. The van der Waals surface area contributed by atoms with E-state index in [0.717, 1.165) is 0 Å². The molecule has 0 heterocycles. The SMILES string of the molecule is NC(=O)CCNS(=O)(=O)CCNC(=O)N(CCCl)N=O. The maximum atomic E-state index is 11.4. The highest BCUT2D eigenvalue weighted by atomic mass is 35.5. The number of urea groups is 1. The molecule has 0 fully saturated rings. The lowest BCUT2D eigenvalue weighted by Gasteiger charge is -2.13. The number of carbonyl (C=O) groups excluding carboxylic acids is 2. The Morgan fingerprint density at radius 1 is 1.30 bits per heavy atom. The van der Waals surface area contributed by atoms with E-state index in [1.54, 1.807) is 0 Å². The molecule has 3 amide bonds. The Kier molecular flexibility index (Phi) is 8.76. The number of rotatable bonds is 10. The summed E-state index contributed by atoms with van der Waals surface area (Å²) in [6.07, 6.45) is -0.121. The summed E-state index contributed by atoms with van der Waals surface area (Å²) >= 11 is 5.34. The smallest absolute Gasteiger partial charge is 0.340 e. The highest BCUT2D eigenvalue weighted by Crippen LogP contribution is 1.92. The van der Waals surface area contributed by atoms with Gasteiger partial charge in [0, 0.05) is 25.4 Å². The molecule has 0 unspecified atom stereocenters. The van der Waals surface area contributed by atoms with Gasteiger partial charge in [-0.05, 0) is 0 Å². The molecule has 10 nitrogen and oxygen atoms in total. The van der Waals surface area contributed by atoms with Crippen LogP contribution in [-0.2, 0) is 14.8 Å². The van der Waals surface area contributed by atoms with E-state index < -0.39 is 27.7 Å². The topological polar surface area (TPSA) is 151 Å². The van der Waals surface area contributed by atoms with Gasteiger partial charge in [-0.15, -0.1) is 16.5 Å². The van der Waals surface area contributed by atoms with Gasteiger partial charge in [-0.1, -0.05) is 0 Å². The Morgan fingerprint density at radius 3 is 2.45 bits per heavy atom. The highest BCUT2D eigenvalue weighted by molar-refractivity contribution is 7.89. The van der Waals surface area contributed by atoms with Crippen molar-refractivity contribution in [2.24, 2.45) is 11.0 Å². The van der Waals surface area contributed by atoms with Gasteiger partial charge in [0.15, 0.2) is 0 Å². The maximum absolute atomic E-state index is 11.4. The van der Waals surface area contributed by atoms with Crippen molar-refractivity contribution in [2.45, 2.75) is 6.42 Å². The molecule has 116 valence electrons. The number of nitroso groups, excluding NO2 is 1. The maximum Gasteiger partial charge on any atom is 0.340 e. The second-order valence-corrected chi connectivity index (χ2v) is 5.86. The van der Waals surface area contributed by atoms with Crippen LogP contribution in [0.1, 0.15) is 6.42 Å². The minimum atomic E-state index is -3.64. The van der Waals surface area contributed by atoms with Crippen molar-refractivity contribution in [2.75, 3.05) is 31.3 Å². The quantitative estimate of drug-likeness (QED) is 0.259. The zero-order valence-electron chi connectivity index (χ0n) is 10.5. The van der Waals surface area contributed by atoms with Crippen LogP contribution >= 0.6 is 11.6 Å². The highest BCUT2D eigenvalue weighted by Gasteiger charge is 2.15.